The van der Waals surface area contributed by atoms with Crippen LogP contribution < -0.4 is 5.32 Å². The highest BCUT2D eigenvalue weighted by atomic mass is 17.7. The van der Waals surface area contributed by atoms with Gasteiger partial charge in [-0.25, -0.2) is 4.79 Å². The first kappa shape index (κ1) is 18.4. The SMILES string of the molecule is CCCCCCCCCNC1CCCCC(=O)OOOO1. The molecule has 1 rings (SSSR count). The zero-order valence-corrected chi connectivity index (χ0v) is 13.1. The van der Waals surface area contributed by atoms with Crippen LogP contribution in [-0.4, -0.2) is 18.7 Å². The lowest BCUT2D eigenvalue weighted by molar-refractivity contribution is -0.628. The second-order valence-corrected chi connectivity index (χ2v) is 5.50. The number of rotatable bonds is 9. The van der Waals surface area contributed by atoms with Crippen LogP contribution in [0.15, 0.2) is 0 Å². The van der Waals surface area contributed by atoms with Gasteiger partial charge in [-0.1, -0.05) is 45.4 Å². The van der Waals surface area contributed by atoms with E-state index in [1.54, 1.807) is 0 Å². The molecule has 1 aliphatic heterocycles. The van der Waals surface area contributed by atoms with E-state index in [9.17, 15) is 4.79 Å². The van der Waals surface area contributed by atoms with Gasteiger partial charge in [0.2, 0.25) is 0 Å². The number of carbonyl (C=O) groups excluding carboxylic acids is 1. The van der Waals surface area contributed by atoms with Gasteiger partial charge in [-0.15, -0.1) is 0 Å². The Bertz CT molecular complexity index is 248. The maximum atomic E-state index is 11.0. The first-order valence-corrected chi connectivity index (χ1v) is 8.26. The predicted octanol–water partition coefficient (Wildman–Crippen LogP) is 3.56. The largest absolute Gasteiger partial charge is 0.345 e. The molecule has 0 saturated carbocycles. The van der Waals surface area contributed by atoms with E-state index in [0.29, 0.717) is 6.42 Å². The highest BCUT2D eigenvalue weighted by molar-refractivity contribution is 5.68. The molecule has 0 radical (unpaired) electrons. The van der Waals surface area contributed by atoms with Gasteiger partial charge in [-0.2, -0.15) is 4.89 Å². The number of hydrogen-bond acceptors (Lipinski definition) is 6. The third kappa shape index (κ3) is 10.6. The summed E-state index contributed by atoms with van der Waals surface area (Å²) in [5.74, 6) is -0.437. The van der Waals surface area contributed by atoms with Crippen molar-refractivity contribution in [1.82, 2.24) is 5.32 Å². The minimum atomic E-state index is -0.437. The molecule has 0 bridgehead atoms. The zero-order chi connectivity index (χ0) is 15.2. The Morgan fingerprint density at radius 3 is 2.62 bits per heavy atom. The second kappa shape index (κ2) is 13.0. The Kier molecular flexibility index (Phi) is 11.4. The Morgan fingerprint density at radius 2 is 1.81 bits per heavy atom. The fraction of sp³-hybridized carbons (Fsp3) is 0.933. The van der Waals surface area contributed by atoms with Crippen molar-refractivity contribution in [2.75, 3.05) is 6.54 Å². The molecule has 0 spiro atoms. The fourth-order valence-electron chi connectivity index (χ4n) is 2.29. The number of nitrogens with one attached hydrogen (secondary N) is 1. The van der Waals surface area contributed by atoms with Crippen LogP contribution in [0.25, 0.3) is 0 Å². The Morgan fingerprint density at radius 1 is 1.05 bits per heavy atom. The highest BCUT2D eigenvalue weighted by Crippen LogP contribution is 2.10. The summed E-state index contributed by atoms with van der Waals surface area (Å²) < 4.78 is 0. The van der Waals surface area contributed by atoms with Crippen LogP contribution in [0.1, 0.15) is 77.6 Å². The summed E-state index contributed by atoms with van der Waals surface area (Å²) in [6, 6.07) is 0. The third-order valence-electron chi connectivity index (χ3n) is 3.56. The molecule has 124 valence electrons. The average molecular weight is 303 g/mol. The van der Waals surface area contributed by atoms with Gasteiger partial charge >= 0.3 is 5.97 Å². The molecular weight excluding hydrogens is 274 g/mol. The molecule has 1 fully saturated rings. The third-order valence-corrected chi connectivity index (χ3v) is 3.56. The summed E-state index contributed by atoms with van der Waals surface area (Å²) in [6.45, 7) is 3.12. The summed E-state index contributed by atoms with van der Waals surface area (Å²) in [7, 11) is 0. The lowest BCUT2D eigenvalue weighted by atomic mass is 10.1. The molecule has 1 N–H and O–H groups in total. The van der Waals surface area contributed by atoms with Crippen LogP contribution in [0.4, 0.5) is 0 Å². The van der Waals surface area contributed by atoms with Gasteiger partial charge in [-0.3, -0.25) is 10.2 Å². The zero-order valence-electron chi connectivity index (χ0n) is 13.1. The van der Waals surface area contributed by atoms with Crippen molar-refractivity contribution in [3.05, 3.63) is 0 Å². The van der Waals surface area contributed by atoms with Crippen LogP contribution >= 0.6 is 0 Å². The maximum absolute atomic E-state index is 11.0. The summed E-state index contributed by atoms with van der Waals surface area (Å²) in [6.07, 6.45) is 11.5. The van der Waals surface area contributed by atoms with Gasteiger partial charge in [0.05, 0.1) is 0 Å². The molecule has 6 nitrogen and oxygen atoms in total. The van der Waals surface area contributed by atoms with Crippen molar-refractivity contribution in [1.29, 1.82) is 0 Å². The van der Waals surface area contributed by atoms with E-state index in [1.807, 2.05) is 0 Å². The van der Waals surface area contributed by atoms with Crippen molar-refractivity contribution in [3.63, 3.8) is 0 Å². The van der Waals surface area contributed by atoms with E-state index in [0.717, 1.165) is 32.2 Å². The first-order chi connectivity index (χ1) is 10.3. The standard InChI is InChI=1S/C15H29NO5/c1-2-3-4-5-6-7-10-13-16-14-11-8-9-12-15(17)19-21-20-18-14/h14,16H,2-13H2,1H3. The average Bonchev–Trinajstić information content (AvgIpc) is 2.49. The van der Waals surface area contributed by atoms with Crippen molar-refractivity contribution in [2.45, 2.75) is 83.8 Å². The minimum Gasteiger partial charge on any atom is -0.289 e. The lowest BCUT2D eigenvalue weighted by Crippen LogP contribution is -2.33. The summed E-state index contributed by atoms with van der Waals surface area (Å²) in [5.41, 5.74) is 0. The summed E-state index contributed by atoms with van der Waals surface area (Å²) >= 11 is 0. The number of unbranched alkanes of at least 4 members (excludes halogenated alkanes) is 6. The van der Waals surface area contributed by atoms with Gasteiger partial charge < -0.3 is 0 Å². The summed E-state index contributed by atoms with van der Waals surface area (Å²) in [5, 5.41) is 11.9. The lowest BCUT2D eigenvalue weighted by Gasteiger charge is -2.17. The van der Waals surface area contributed by atoms with Crippen molar-refractivity contribution >= 4 is 5.97 Å². The van der Waals surface area contributed by atoms with Crippen LogP contribution in [0.2, 0.25) is 0 Å². The van der Waals surface area contributed by atoms with Gasteiger partial charge in [0.1, 0.15) is 6.23 Å². The smallest absolute Gasteiger partial charge is 0.289 e. The highest BCUT2D eigenvalue weighted by Gasteiger charge is 2.14. The molecule has 0 amide bonds. The topological polar surface area (TPSA) is 66.0 Å². The summed E-state index contributed by atoms with van der Waals surface area (Å²) in [4.78, 5) is 20.4. The molecule has 1 heterocycles. The minimum absolute atomic E-state index is 0.220. The maximum Gasteiger partial charge on any atom is 0.345 e. The van der Waals surface area contributed by atoms with Crippen molar-refractivity contribution < 1.29 is 24.6 Å². The molecule has 0 aromatic rings. The van der Waals surface area contributed by atoms with Crippen molar-refractivity contribution in [3.8, 4) is 0 Å². The van der Waals surface area contributed by atoms with Gasteiger partial charge in [0.15, 0.2) is 0 Å². The number of carbonyl (C=O) groups is 1. The van der Waals surface area contributed by atoms with E-state index in [2.05, 4.69) is 27.2 Å². The molecular formula is C15H29NO5. The molecule has 0 aromatic heterocycles. The molecule has 1 atom stereocenters. The van der Waals surface area contributed by atoms with Crippen LogP contribution in [-0.2, 0) is 24.6 Å². The molecule has 1 aliphatic rings. The Labute approximate surface area is 127 Å². The monoisotopic (exact) mass is 303 g/mol. The van der Waals surface area contributed by atoms with Crippen LogP contribution in [0, 0.1) is 0 Å². The van der Waals surface area contributed by atoms with E-state index < -0.39 is 5.97 Å². The van der Waals surface area contributed by atoms with Gasteiger partial charge in [-0.05, 0) is 37.3 Å². The van der Waals surface area contributed by atoms with E-state index in [1.165, 1.54) is 38.5 Å². The van der Waals surface area contributed by atoms with E-state index in [-0.39, 0.29) is 6.23 Å². The number of hydrogen-bond donors (Lipinski definition) is 1. The van der Waals surface area contributed by atoms with E-state index >= 15 is 0 Å². The molecule has 1 saturated heterocycles. The second-order valence-electron chi connectivity index (χ2n) is 5.50. The van der Waals surface area contributed by atoms with Crippen LogP contribution in [0.3, 0.4) is 0 Å². The molecule has 0 aromatic carbocycles. The van der Waals surface area contributed by atoms with Gasteiger partial charge in [0.25, 0.3) is 0 Å². The van der Waals surface area contributed by atoms with Crippen LogP contribution in [0.5, 0.6) is 0 Å². The quantitative estimate of drug-likeness (QED) is 0.519. The Hall–Kier alpha value is -0.690. The van der Waals surface area contributed by atoms with Crippen molar-refractivity contribution in [2.24, 2.45) is 0 Å². The molecule has 21 heavy (non-hydrogen) atoms. The van der Waals surface area contributed by atoms with Gasteiger partial charge in [0, 0.05) is 11.5 Å². The molecule has 6 heteroatoms. The first-order valence-electron chi connectivity index (χ1n) is 8.26. The fourth-order valence-corrected chi connectivity index (χ4v) is 2.29. The van der Waals surface area contributed by atoms with E-state index in [4.69, 9.17) is 4.89 Å². The normalized spacial score (nSPS) is 21.0. The predicted molar refractivity (Wildman–Crippen MR) is 77.6 cm³/mol. The molecule has 1 unspecified atom stereocenters. The Balaban J connectivity index is 2.00. The molecule has 0 aliphatic carbocycles.